The van der Waals surface area contributed by atoms with Crippen molar-refractivity contribution in [2.24, 2.45) is 0 Å². The molecule has 1 saturated heterocycles. The number of anilines is 2. The number of aliphatic hydroxyl groups excluding tert-OH is 1. The molecule has 0 unspecified atom stereocenters. The maximum Gasteiger partial charge on any atom is 0.326 e. The van der Waals surface area contributed by atoms with Crippen LogP contribution < -0.4 is 10.2 Å². The number of halogens is 1. The Kier molecular flexibility index (Phi) is 5.45. The van der Waals surface area contributed by atoms with E-state index in [9.17, 15) is 14.7 Å². The van der Waals surface area contributed by atoms with Gasteiger partial charge in [0.1, 0.15) is 6.61 Å². The van der Waals surface area contributed by atoms with Crippen molar-refractivity contribution < 1.29 is 19.4 Å². The van der Waals surface area contributed by atoms with E-state index in [2.05, 4.69) is 5.32 Å². The van der Waals surface area contributed by atoms with Gasteiger partial charge in [0.15, 0.2) is 0 Å². The number of urea groups is 1. The largest absolute Gasteiger partial charge is 0.394 e. The summed E-state index contributed by atoms with van der Waals surface area (Å²) in [6, 6.07) is 13.8. The molecule has 3 atom stereocenters. The van der Waals surface area contributed by atoms with Gasteiger partial charge in [-0.25, -0.2) is 4.79 Å². The number of carbonyl (C=O) groups excluding carboxylic acids is 2. The number of hydrogen-bond acceptors (Lipinski definition) is 4. The minimum absolute atomic E-state index is 0.0265. The van der Waals surface area contributed by atoms with Crippen LogP contribution in [0.15, 0.2) is 48.5 Å². The molecule has 0 aliphatic carbocycles. The Morgan fingerprint density at radius 1 is 1.21 bits per heavy atom. The molecule has 2 aromatic rings. The van der Waals surface area contributed by atoms with Crippen LogP contribution in [0.2, 0.25) is 5.02 Å². The third-order valence-electron chi connectivity index (χ3n) is 5.60. The zero-order chi connectivity index (χ0) is 20.5. The van der Waals surface area contributed by atoms with Gasteiger partial charge >= 0.3 is 6.03 Å². The highest BCUT2D eigenvalue weighted by Gasteiger charge is 2.55. The van der Waals surface area contributed by atoms with Crippen LogP contribution in [0.4, 0.5) is 16.2 Å². The van der Waals surface area contributed by atoms with Gasteiger partial charge in [-0.3, -0.25) is 9.69 Å². The van der Waals surface area contributed by atoms with Gasteiger partial charge in [-0.2, -0.15) is 0 Å². The monoisotopic (exact) mass is 415 g/mol. The number of likely N-dealkylation sites (tertiary alicyclic amines) is 1. The van der Waals surface area contributed by atoms with Gasteiger partial charge in [-0.05, 0) is 23.8 Å². The summed E-state index contributed by atoms with van der Waals surface area (Å²) in [5, 5.41) is 13.2. The lowest BCUT2D eigenvalue weighted by molar-refractivity contribution is -0.154. The molecule has 3 amide bonds. The van der Waals surface area contributed by atoms with Crippen molar-refractivity contribution in [3.05, 3.63) is 59.1 Å². The normalized spacial score (nSPS) is 22.4. The van der Waals surface area contributed by atoms with Gasteiger partial charge in [0.05, 0.1) is 29.4 Å². The number of nitrogens with one attached hydrogen (secondary N) is 1. The van der Waals surface area contributed by atoms with E-state index in [4.69, 9.17) is 16.3 Å². The van der Waals surface area contributed by atoms with E-state index in [1.165, 1.54) is 7.11 Å². The number of fused-ring (bicyclic) bond motifs is 3. The molecular formula is C21H22ClN3O4. The first-order valence-electron chi connectivity index (χ1n) is 9.39. The summed E-state index contributed by atoms with van der Waals surface area (Å²) in [4.78, 5) is 28.9. The average molecular weight is 416 g/mol. The lowest BCUT2D eigenvalue weighted by Gasteiger charge is -2.58. The van der Waals surface area contributed by atoms with Gasteiger partial charge in [0.25, 0.3) is 0 Å². The second kappa shape index (κ2) is 8.02. The zero-order valence-electron chi connectivity index (χ0n) is 15.9. The Bertz CT molecular complexity index is 938. The highest BCUT2D eigenvalue weighted by Crippen LogP contribution is 2.48. The highest BCUT2D eigenvalue weighted by atomic mass is 35.5. The Balaban J connectivity index is 1.65. The molecule has 7 nitrogen and oxygen atoms in total. The van der Waals surface area contributed by atoms with E-state index >= 15 is 0 Å². The average Bonchev–Trinajstić information content (AvgIpc) is 2.70. The number of amides is 3. The van der Waals surface area contributed by atoms with Crippen molar-refractivity contribution in [2.45, 2.75) is 18.0 Å². The van der Waals surface area contributed by atoms with Crippen molar-refractivity contribution >= 4 is 34.9 Å². The lowest BCUT2D eigenvalue weighted by Crippen LogP contribution is -2.71. The number of rotatable bonds is 4. The molecule has 0 bridgehead atoms. The third kappa shape index (κ3) is 3.35. The minimum atomic E-state index is -0.324. The summed E-state index contributed by atoms with van der Waals surface area (Å²) in [5.74, 6) is -0.222. The predicted molar refractivity (Wildman–Crippen MR) is 110 cm³/mol. The molecule has 2 aliphatic rings. The zero-order valence-corrected chi connectivity index (χ0v) is 16.7. The maximum atomic E-state index is 13.1. The standard InChI is InChI=1S/C21H22ClN3O4/c1-29-12-19(27)25-17-10-24(21(28)23-15-8-4-3-7-14(15)22)16-9-5-2-6-13(16)20(17)18(25)11-26/h2-9,17-18,20,26H,10-12H2,1H3,(H,23,28)/t17-,18-,20+/m0/s1. The van der Waals surface area contributed by atoms with Crippen molar-refractivity contribution in [1.29, 1.82) is 0 Å². The Labute approximate surface area is 173 Å². The first kappa shape index (κ1) is 19.7. The van der Waals surface area contributed by atoms with Crippen LogP contribution in [0.3, 0.4) is 0 Å². The summed E-state index contributed by atoms with van der Waals surface area (Å²) in [7, 11) is 1.46. The van der Waals surface area contributed by atoms with Crippen LogP contribution in [0.1, 0.15) is 11.5 Å². The SMILES string of the molecule is COCC(=O)N1[C@@H](CO)[C@@H]2c3ccccc3N(C(=O)Nc3ccccc3Cl)C[C@@H]21. The van der Waals surface area contributed by atoms with Crippen LogP contribution in [-0.2, 0) is 9.53 Å². The van der Waals surface area contributed by atoms with Gasteiger partial charge in [0, 0.05) is 25.3 Å². The number of aliphatic hydroxyl groups is 1. The first-order valence-corrected chi connectivity index (χ1v) is 9.77. The maximum absolute atomic E-state index is 13.1. The molecule has 4 rings (SSSR count). The fourth-order valence-corrected chi connectivity index (χ4v) is 4.55. The van der Waals surface area contributed by atoms with Crippen molar-refractivity contribution in [3.8, 4) is 0 Å². The lowest BCUT2D eigenvalue weighted by atomic mass is 9.72. The topological polar surface area (TPSA) is 82.1 Å². The smallest absolute Gasteiger partial charge is 0.326 e. The molecule has 152 valence electrons. The molecule has 2 aliphatic heterocycles. The Morgan fingerprint density at radius 2 is 1.93 bits per heavy atom. The molecule has 2 N–H and O–H groups in total. The first-order chi connectivity index (χ1) is 14.1. The minimum Gasteiger partial charge on any atom is -0.394 e. The van der Waals surface area contributed by atoms with Crippen LogP contribution >= 0.6 is 11.6 Å². The quantitative estimate of drug-likeness (QED) is 0.804. The Morgan fingerprint density at radius 3 is 2.66 bits per heavy atom. The molecule has 2 heterocycles. The number of benzene rings is 2. The molecular weight excluding hydrogens is 394 g/mol. The third-order valence-corrected chi connectivity index (χ3v) is 5.93. The molecule has 8 heteroatoms. The van der Waals surface area contributed by atoms with Gasteiger partial charge in [-0.1, -0.05) is 41.9 Å². The predicted octanol–water partition coefficient (Wildman–Crippen LogP) is 2.69. The number of hydrogen-bond donors (Lipinski definition) is 2. The molecule has 0 spiro atoms. The van der Waals surface area contributed by atoms with Crippen LogP contribution in [0.25, 0.3) is 0 Å². The molecule has 0 aromatic heterocycles. The van der Waals surface area contributed by atoms with E-state index < -0.39 is 0 Å². The van der Waals surface area contributed by atoms with Gasteiger partial charge < -0.3 is 20.1 Å². The molecule has 29 heavy (non-hydrogen) atoms. The number of ether oxygens (including phenoxy) is 1. The summed E-state index contributed by atoms with van der Waals surface area (Å²) in [6.07, 6.45) is 0. The van der Waals surface area contributed by atoms with Crippen molar-refractivity contribution in [2.75, 3.05) is 37.1 Å². The van der Waals surface area contributed by atoms with Gasteiger partial charge in [0.2, 0.25) is 5.91 Å². The van der Waals surface area contributed by atoms with Crippen molar-refractivity contribution in [3.63, 3.8) is 0 Å². The molecule has 0 radical (unpaired) electrons. The molecule has 0 saturated carbocycles. The second-order valence-electron chi connectivity index (χ2n) is 7.16. The summed E-state index contributed by atoms with van der Waals surface area (Å²) < 4.78 is 4.99. The van der Waals surface area contributed by atoms with E-state index in [0.29, 0.717) is 17.3 Å². The number of nitrogens with zero attached hydrogens (tertiary/aromatic N) is 2. The van der Waals surface area contributed by atoms with Crippen molar-refractivity contribution in [1.82, 2.24) is 4.90 Å². The van der Waals surface area contributed by atoms with E-state index in [1.54, 1.807) is 34.1 Å². The number of methoxy groups -OCH3 is 1. The van der Waals surface area contributed by atoms with Crippen LogP contribution in [-0.4, -0.2) is 60.9 Å². The fourth-order valence-electron chi connectivity index (χ4n) is 4.37. The summed E-state index contributed by atoms with van der Waals surface area (Å²) >= 11 is 6.18. The van der Waals surface area contributed by atoms with E-state index in [-0.39, 0.29) is 43.2 Å². The fraction of sp³-hybridized carbons (Fsp3) is 0.333. The number of para-hydroxylation sites is 2. The van der Waals surface area contributed by atoms with Crippen LogP contribution in [0, 0.1) is 0 Å². The van der Waals surface area contributed by atoms with Gasteiger partial charge in [-0.15, -0.1) is 0 Å². The van der Waals surface area contributed by atoms with E-state index in [1.807, 2.05) is 24.3 Å². The second-order valence-corrected chi connectivity index (χ2v) is 7.56. The summed E-state index contributed by atoms with van der Waals surface area (Å²) in [6.45, 7) is 0.119. The van der Waals surface area contributed by atoms with Crippen LogP contribution in [0.5, 0.6) is 0 Å². The molecule has 2 aromatic carbocycles. The highest BCUT2D eigenvalue weighted by molar-refractivity contribution is 6.33. The Hall–Kier alpha value is -2.61. The molecule has 1 fully saturated rings. The van der Waals surface area contributed by atoms with E-state index in [0.717, 1.165) is 11.3 Å². The summed E-state index contributed by atoms with van der Waals surface area (Å²) in [5.41, 5.74) is 2.24. The number of carbonyl (C=O) groups is 2.